The maximum atomic E-state index is 13.4. The first kappa shape index (κ1) is 12.9. The lowest BCUT2D eigenvalue weighted by Crippen LogP contribution is -2.00. The number of carbonyl (C=O) groups is 1. The van der Waals surface area contributed by atoms with Crippen molar-refractivity contribution in [2.24, 2.45) is 0 Å². The van der Waals surface area contributed by atoms with E-state index in [1.807, 2.05) is 0 Å². The van der Waals surface area contributed by atoms with Gasteiger partial charge in [0, 0.05) is 11.8 Å². The molecule has 0 atom stereocenters. The topological polar surface area (TPSA) is 59.4 Å². The van der Waals surface area contributed by atoms with Gasteiger partial charge in [0.25, 0.3) is 0 Å². The predicted molar refractivity (Wildman–Crippen MR) is 62.4 cm³/mol. The second kappa shape index (κ2) is 5.01. The number of aromatic nitrogens is 1. The molecule has 0 saturated heterocycles. The molecule has 2 rings (SSSR count). The highest BCUT2D eigenvalue weighted by Crippen LogP contribution is 2.25. The van der Waals surface area contributed by atoms with Crippen LogP contribution in [0.1, 0.15) is 16.1 Å². The molecule has 0 aliphatic carbocycles. The van der Waals surface area contributed by atoms with Crippen LogP contribution < -0.4 is 4.74 Å². The van der Waals surface area contributed by atoms with Crippen molar-refractivity contribution < 1.29 is 23.4 Å². The number of carboxylic acids is 1. The van der Waals surface area contributed by atoms with E-state index in [1.54, 1.807) is 6.92 Å². The molecule has 98 valence electrons. The van der Waals surface area contributed by atoms with E-state index in [4.69, 9.17) is 9.84 Å². The van der Waals surface area contributed by atoms with Crippen LogP contribution in [-0.2, 0) is 0 Å². The first-order chi connectivity index (χ1) is 8.97. The van der Waals surface area contributed by atoms with Crippen LogP contribution in [0.4, 0.5) is 8.78 Å². The molecule has 0 aliphatic rings. The first-order valence-corrected chi connectivity index (χ1v) is 5.31. The standard InChI is InChI=1S/C13H9F2NO3/c1-7-5-8(13(17)18)6-11(16-7)19-10-4-2-3-9(14)12(10)15/h2-6H,1H3,(H,17,18). The van der Waals surface area contributed by atoms with Crippen LogP contribution in [0.25, 0.3) is 0 Å². The van der Waals surface area contributed by atoms with E-state index in [2.05, 4.69) is 4.98 Å². The molecule has 1 N–H and O–H groups in total. The predicted octanol–water partition coefficient (Wildman–Crippen LogP) is 3.16. The third-order valence-electron chi connectivity index (χ3n) is 2.31. The summed E-state index contributed by atoms with van der Waals surface area (Å²) in [4.78, 5) is 14.8. The minimum atomic E-state index is -1.16. The monoisotopic (exact) mass is 265 g/mol. The number of carboxylic acid groups (broad SMARTS) is 1. The Balaban J connectivity index is 2.38. The summed E-state index contributed by atoms with van der Waals surface area (Å²) in [5, 5.41) is 8.88. The van der Waals surface area contributed by atoms with Crippen molar-refractivity contribution in [2.45, 2.75) is 6.92 Å². The number of hydrogen-bond acceptors (Lipinski definition) is 3. The summed E-state index contributed by atoms with van der Waals surface area (Å²) in [5.74, 6) is -3.82. The number of hydrogen-bond donors (Lipinski definition) is 1. The number of aromatic carboxylic acids is 1. The molecule has 6 heteroatoms. The van der Waals surface area contributed by atoms with Crippen LogP contribution in [0, 0.1) is 18.6 Å². The quantitative estimate of drug-likeness (QED) is 0.926. The zero-order valence-corrected chi connectivity index (χ0v) is 9.85. The Morgan fingerprint density at radius 2 is 2.05 bits per heavy atom. The van der Waals surface area contributed by atoms with Crippen molar-refractivity contribution in [3.8, 4) is 11.6 Å². The number of pyridine rings is 1. The van der Waals surface area contributed by atoms with Gasteiger partial charge in [-0.25, -0.2) is 14.2 Å². The van der Waals surface area contributed by atoms with Crippen LogP contribution in [-0.4, -0.2) is 16.1 Å². The summed E-state index contributed by atoms with van der Waals surface area (Å²) in [6.45, 7) is 1.57. The average Bonchev–Trinajstić information content (AvgIpc) is 2.34. The first-order valence-electron chi connectivity index (χ1n) is 5.31. The normalized spacial score (nSPS) is 10.3. The Hall–Kier alpha value is -2.50. The van der Waals surface area contributed by atoms with E-state index in [0.29, 0.717) is 5.69 Å². The molecule has 1 heterocycles. The number of halogens is 2. The number of ether oxygens (including phenoxy) is 1. The largest absolute Gasteiger partial charge is 0.478 e. The number of aryl methyl sites for hydroxylation is 1. The number of nitrogens with zero attached hydrogens (tertiary/aromatic N) is 1. The maximum absolute atomic E-state index is 13.4. The summed E-state index contributed by atoms with van der Waals surface area (Å²) in [6.07, 6.45) is 0. The Labute approximate surface area is 107 Å². The lowest BCUT2D eigenvalue weighted by Gasteiger charge is -2.07. The molecule has 0 aliphatic heterocycles. The molecule has 4 nitrogen and oxygen atoms in total. The summed E-state index contributed by atoms with van der Waals surface area (Å²) in [7, 11) is 0. The molecule has 19 heavy (non-hydrogen) atoms. The van der Waals surface area contributed by atoms with E-state index in [0.717, 1.165) is 12.1 Å². The van der Waals surface area contributed by atoms with E-state index in [9.17, 15) is 13.6 Å². The fourth-order valence-corrected chi connectivity index (χ4v) is 1.49. The van der Waals surface area contributed by atoms with E-state index in [1.165, 1.54) is 18.2 Å². The second-order valence-corrected chi connectivity index (χ2v) is 3.79. The van der Waals surface area contributed by atoms with Gasteiger partial charge in [-0.05, 0) is 25.1 Å². The highest BCUT2D eigenvalue weighted by molar-refractivity contribution is 5.88. The van der Waals surface area contributed by atoms with Gasteiger partial charge >= 0.3 is 5.97 Å². The van der Waals surface area contributed by atoms with Crippen molar-refractivity contribution in [1.29, 1.82) is 0 Å². The van der Waals surface area contributed by atoms with Gasteiger partial charge in [0.1, 0.15) is 0 Å². The van der Waals surface area contributed by atoms with Gasteiger partial charge < -0.3 is 9.84 Å². The molecule has 0 saturated carbocycles. The zero-order chi connectivity index (χ0) is 14.0. The molecule has 0 radical (unpaired) electrons. The smallest absolute Gasteiger partial charge is 0.335 e. The highest BCUT2D eigenvalue weighted by atomic mass is 19.2. The molecular formula is C13H9F2NO3. The van der Waals surface area contributed by atoms with Crippen LogP contribution in [0.15, 0.2) is 30.3 Å². The van der Waals surface area contributed by atoms with E-state index in [-0.39, 0.29) is 17.2 Å². The minimum Gasteiger partial charge on any atom is -0.478 e. The third kappa shape index (κ3) is 2.85. The summed E-state index contributed by atoms with van der Waals surface area (Å²) >= 11 is 0. The molecule has 2 aromatic rings. The van der Waals surface area contributed by atoms with Crippen molar-refractivity contribution in [2.75, 3.05) is 0 Å². The molecule has 0 amide bonds. The van der Waals surface area contributed by atoms with Crippen LogP contribution >= 0.6 is 0 Å². The van der Waals surface area contributed by atoms with Gasteiger partial charge in [-0.15, -0.1) is 0 Å². The maximum Gasteiger partial charge on any atom is 0.335 e. The SMILES string of the molecule is Cc1cc(C(=O)O)cc(Oc2cccc(F)c2F)n1. The Morgan fingerprint density at radius 3 is 2.74 bits per heavy atom. The molecule has 0 spiro atoms. The zero-order valence-electron chi connectivity index (χ0n) is 9.85. The Morgan fingerprint density at radius 1 is 1.32 bits per heavy atom. The number of benzene rings is 1. The number of rotatable bonds is 3. The van der Waals surface area contributed by atoms with Gasteiger partial charge in [-0.2, -0.15) is 4.39 Å². The summed E-state index contributed by atoms with van der Waals surface area (Å²) in [6, 6.07) is 5.94. The molecular weight excluding hydrogens is 256 g/mol. The van der Waals surface area contributed by atoms with Gasteiger partial charge in [-0.3, -0.25) is 0 Å². The van der Waals surface area contributed by atoms with Crippen LogP contribution in [0.5, 0.6) is 11.6 Å². The van der Waals surface area contributed by atoms with Gasteiger partial charge in [0.2, 0.25) is 11.7 Å². The van der Waals surface area contributed by atoms with Crippen molar-refractivity contribution in [3.05, 3.63) is 53.2 Å². The Kier molecular flexibility index (Phi) is 3.41. The van der Waals surface area contributed by atoms with E-state index < -0.39 is 17.6 Å². The van der Waals surface area contributed by atoms with Crippen LogP contribution in [0.2, 0.25) is 0 Å². The molecule has 1 aromatic carbocycles. The van der Waals surface area contributed by atoms with Crippen molar-refractivity contribution >= 4 is 5.97 Å². The van der Waals surface area contributed by atoms with Gasteiger partial charge in [0.05, 0.1) is 5.56 Å². The van der Waals surface area contributed by atoms with Crippen molar-refractivity contribution in [3.63, 3.8) is 0 Å². The molecule has 0 unspecified atom stereocenters. The molecule has 1 aromatic heterocycles. The summed E-state index contributed by atoms with van der Waals surface area (Å²) < 4.78 is 31.5. The second-order valence-electron chi connectivity index (χ2n) is 3.79. The fraction of sp³-hybridized carbons (Fsp3) is 0.0769. The molecule has 0 bridgehead atoms. The highest BCUT2D eigenvalue weighted by Gasteiger charge is 2.12. The minimum absolute atomic E-state index is 0.0423. The van der Waals surface area contributed by atoms with Crippen molar-refractivity contribution in [1.82, 2.24) is 4.98 Å². The Bertz CT molecular complexity index is 644. The lowest BCUT2D eigenvalue weighted by atomic mass is 10.2. The van der Waals surface area contributed by atoms with Gasteiger partial charge in [0.15, 0.2) is 11.6 Å². The van der Waals surface area contributed by atoms with E-state index >= 15 is 0 Å². The van der Waals surface area contributed by atoms with Crippen LogP contribution in [0.3, 0.4) is 0 Å². The average molecular weight is 265 g/mol. The fourth-order valence-electron chi connectivity index (χ4n) is 1.49. The molecule has 0 fully saturated rings. The lowest BCUT2D eigenvalue weighted by molar-refractivity contribution is 0.0696. The van der Waals surface area contributed by atoms with Gasteiger partial charge in [-0.1, -0.05) is 6.07 Å². The summed E-state index contributed by atoms with van der Waals surface area (Å²) in [5.41, 5.74) is 0.353. The third-order valence-corrected chi connectivity index (χ3v) is 2.31.